The van der Waals surface area contributed by atoms with E-state index in [0.717, 1.165) is 0 Å². The van der Waals surface area contributed by atoms with E-state index in [1.807, 2.05) is 0 Å². The zero-order chi connectivity index (χ0) is 12.3. The molecule has 0 aliphatic rings. The average Bonchev–Trinajstić information content (AvgIpc) is 2.00. The Morgan fingerprint density at radius 1 is 0.933 bits per heavy atom. The van der Waals surface area contributed by atoms with Gasteiger partial charge in [0.2, 0.25) is 0 Å². The molecule has 0 aromatic carbocycles. The molecule has 0 aliphatic heterocycles. The van der Waals surface area contributed by atoms with Gasteiger partial charge in [0, 0.05) is 0 Å². The molecule has 0 fully saturated rings. The van der Waals surface area contributed by atoms with Crippen LogP contribution in [0, 0.1) is 11.3 Å². The summed E-state index contributed by atoms with van der Waals surface area (Å²) in [4.78, 5) is 0. The number of hydrogen-bond donors (Lipinski definition) is 0. The molecule has 0 unspecified atom stereocenters. The third-order valence-corrected chi connectivity index (χ3v) is 1.24. The van der Waals surface area contributed by atoms with Crippen molar-refractivity contribution in [3.8, 4) is 6.07 Å². The van der Waals surface area contributed by atoms with Crippen molar-refractivity contribution in [2.24, 2.45) is 0 Å². The van der Waals surface area contributed by atoms with Gasteiger partial charge in [-0.05, 0) is 0 Å². The van der Waals surface area contributed by atoms with E-state index in [4.69, 9.17) is 5.26 Å². The van der Waals surface area contributed by atoms with E-state index in [2.05, 4.69) is 4.74 Å². The van der Waals surface area contributed by atoms with Crippen LogP contribution in [-0.4, -0.2) is 24.8 Å². The van der Waals surface area contributed by atoms with Gasteiger partial charge in [0.25, 0.3) is 0 Å². The molecule has 0 saturated heterocycles. The first-order chi connectivity index (χ1) is 6.56. The zero-order valence-corrected chi connectivity index (χ0v) is 6.92. The standard InChI is InChI=1S/C6H4F7NO/c7-4(5(8,9)10,6(11,12)13)15-3-1-2-14/h1,3H2. The minimum Gasteiger partial charge on any atom is -0.331 e. The van der Waals surface area contributed by atoms with E-state index in [0.29, 0.717) is 0 Å². The SMILES string of the molecule is N#CCCOC(F)(C(F)(F)F)C(F)(F)F. The zero-order valence-electron chi connectivity index (χ0n) is 6.92. The molecule has 0 saturated carbocycles. The fraction of sp³-hybridized carbons (Fsp3) is 0.833. The molecular formula is C6H4F7NO. The van der Waals surface area contributed by atoms with Gasteiger partial charge in [-0.1, -0.05) is 0 Å². The number of nitrogens with zero attached hydrogens (tertiary/aromatic N) is 1. The van der Waals surface area contributed by atoms with E-state index in [1.165, 1.54) is 6.07 Å². The predicted molar refractivity (Wildman–Crippen MR) is 32.1 cm³/mol. The van der Waals surface area contributed by atoms with Gasteiger partial charge in [-0.2, -0.15) is 36.0 Å². The quantitative estimate of drug-likeness (QED) is 0.560. The van der Waals surface area contributed by atoms with Crippen molar-refractivity contribution >= 4 is 0 Å². The van der Waals surface area contributed by atoms with Gasteiger partial charge in [-0.25, -0.2) is 0 Å². The van der Waals surface area contributed by atoms with Gasteiger partial charge in [-0.3, -0.25) is 0 Å². The molecule has 0 heterocycles. The number of alkyl halides is 7. The average molecular weight is 239 g/mol. The van der Waals surface area contributed by atoms with Gasteiger partial charge in [-0.15, -0.1) is 0 Å². The van der Waals surface area contributed by atoms with E-state index >= 15 is 0 Å². The highest BCUT2D eigenvalue weighted by Crippen LogP contribution is 2.46. The highest BCUT2D eigenvalue weighted by molar-refractivity contribution is 4.86. The Labute approximate surface area is 79.2 Å². The Balaban J connectivity index is 4.83. The summed E-state index contributed by atoms with van der Waals surface area (Å²) in [6.45, 7) is -1.30. The highest BCUT2D eigenvalue weighted by Gasteiger charge is 2.74. The number of rotatable bonds is 3. The Morgan fingerprint density at radius 3 is 1.60 bits per heavy atom. The lowest BCUT2D eigenvalue weighted by atomic mass is 10.3. The molecule has 0 aromatic rings. The summed E-state index contributed by atoms with van der Waals surface area (Å²) in [6.07, 6.45) is -13.3. The Kier molecular flexibility index (Phi) is 3.93. The molecule has 0 aromatic heterocycles. The van der Waals surface area contributed by atoms with Crippen LogP contribution in [0.2, 0.25) is 0 Å². The molecule has 0 bridgehead atoms. The van der Waals surface area contributed by atoms with Crippen LogP contribution in [-0.2, 0) is 4.74 Å². The maximum Gasteiger partial charge on any atom is 0.458 e. The molecular weight excluding hydrogens is 235 g/mol. The first-order valence-corrected chi connectivity index (χ1v) is 3.39. The number of nitriles is 1. The minimum absolute atomic E-state index is 0.780. The van der Waals surface area contributed by atoms with Crippen LogP contribution >= 0.6 is 0 Å². The van der Waals surface area contributed by atoms with Crippen LogP contribution in [0.1, 0.15) is 6.42 Å². The predicted octanol–water partition coefficient (Wildman–Crippen LogP) is 2.71. The molecule has 0 amide bonds. The second-order valence-electron chi connectivity index (χ2n) is 2.35. The maximum atomic E-state index is 12.5. The fourth-order valence-corrected chi connectivity index (χ4v) is 0.562. The van der Waals surface area contributed by atoms with E-state index < -0.39 is 31.2 Å². The fourth-order valence-electron chi connectivity index (χ4n) is 0.562. The summed E-state index contributed by atoms with van der Waals surface area (Å²) in [6, 6.07) is 1.22. The van der Waals surface area contributed by atoms with Crippen molar-refractivity contribution in [3.63, 3.8) is 0 Å². The number of halogens is 7. The molecule has 2 nitrogen and oxygen atoms in total. The molecule has 0 aliphatic carbocycles. The lowest BCUT2D eigenvalue weighted by molar-refractivity contribution is -0.429. The van der Waals surface area contributed by atoms with Crippen molar-refractivity contribution in [2.75, 3.05) is 6.61 Å². The van der Waals surface area contributed by atoms with Crippen LogP contribution < -0.4 is 0 Å². The van der Waals surface area contributed by atoms with Crippen LogP contribution in [0.4, 0.5) is 30.7 Å². The molecule has 0 atom stereocenters. The summed E-state index contributed by atoms with van der Waals surface area (Å²) in [5.41, 5.74) is 0. The molecule has 15 heavy (non-hydrogen) atoms. The van der Waals surface area contributed by atoms with Crippen LogP contribution in [0.25, 0.3) is 0 Å². The molecule has 0 N–H and O–H groups in total. The normalized spacial score (nSPS) is 13.7. The second-order valence-corrected chi connectivity index (χ2v) is 2.35. The molecule has 88 valence electrons. The van der Waals surface area contributed by atoms with Crippen LogP contribution in [0.15, 0.2) is 0 Å². The second kappa shape index (κ2) is 4.22. The first-order valence-electron chi connectivity index (χ1n) is 3.39. The Hall–Kier alpha value is -1.04. The van der Waals surface area contributed by atoms with E-state index in [9.17, 15) is 30.7 Å². The van der Waals surface area contributed by atoms with Gasteiger partial charge < -0.3 is 4.74 Å². The third-order valence-electron chi connectivity index (χ3n) is 1.24. The molecule has 0 radical (unpaired) electrons. The van der Waals surface area contributed by atoms with Crippen LogP contribution in [0.3, 0.4) is 0 Å². The van der Waals surface area contributed by atoms with Gasteiger partial charge in [0.05, 0.1) is 19.1 Å². The minimum atomic E-state index is -6.24. The summed E-state index contributed by atoms with van der Waals surface area (Å²) < 4.78 is 86.0. The molecule has 9 heteroatoms. The molecule has 0 spiro atoms. The summed E-state index contributed by atoms with van der Waals surface area (Å²) in [5.74, 6) is -5.73. The smallest absolute Gasteiger partial charge is 0.331 e. The van der Waals surface area contributed by atoms with Crippen molar-refractivity contribution in [1.82, 2.24) is 0 Å². The molecule has 0 rings (SSSR count). The van der Waals surface area contributed by atoms with Crippen molar-refractivity contribution in [2.45, 2.75) is 24.6 Å². The third kappa shape index (κ3) is 2.95. The van der Waals surface area contributed by atoms with Gasteiger partial charge in [0.1, 0.15) is 0 Å². The lowest BCUT2D eigenvalue weighted by Crippen LogP contribution is -2.55. The van der Waals surface area contributed by atoms with E-state index in [1.54, 1.807) is 0 Å². The number of ether oxygens (including phenoxy) is 1. The Bertz CT molecular complexity index is 236. The van der Waals surface area contributed by atoms with Crippen molar-refractivity contribution in [1.29, 1.82) is 5.26 Å². The maximum absolute atomic E-state index is 12.5. The van der Waals surface area contributed by atoms with Crippen LogP contribution in [0.5, 0.6) is 0 Å². The van der Waals surface area contributed by atoms with Gasteiger partial charge >= 0.3 is 18.2 Å². The topological polar surface area (TPSA) is 33.0 Å². The first kappa shape index (κ1) is 14.0. The summed E-state index contributed by atoms with van der Waals surface area (Å²) in [7, 11) is 0. The summed E-state index contributed by atoms with van der Waals surface area (Å²) in [5, 5.41) is 7.85. The monoisotopic (exact) mass is 239 g/mol. The largest absolute Gasteiger partial charge is 0.458 e. The van der Waals surface area contributed by atoms with E-state index in [-0.39, 0.29) is 0 Å². The number of hydrogen-bond acceptors (Lipinski definition) is 2. The lowest BCUT2D eigenvalue weighted by Gasteiger charge is -2.29. The summed E-state index contributed by atoms with van der Waals surface area (Å²) >= 11 is 0. The van der Waals surface area contributed by atoms with Gasteiger partial charge in [0.15, 0.2) is 0 Å². The van der Waals surface area contributed by atoms with Crippen molar-refractivity contribution < 1.29 is 35.5 Å². The highest BCUT2D eigenvalue weighted by atomic mass is 19.4. The Morgan fingerprint density at radius 2 is 1.33 bits per heavy atom. The van der Waals surface area contributed by atoms with Crippen molar-refractivity contribution in [3.05, 3.63) is 0 Å².